The van der Waals surface area contributed by atoms with Crippen molar-refractivity contribution in [3.63, 3.8) is 0 Å². The zero-order valence-electron chi connectivity index (χ0n) is 21.2. The van der Waals surface area contributed by atoms with Crippen LogP contribution in [-0.2, 0) is 11.3 Å². The van der Waals surface area contributed by atoms with Crippen molar-refractivity contribution in [2.24, 2.45) is 5.92 Å². The van der Waals surface area contributed by atoms with Crippen LogP contribution >= 0.6 is 0 Å². The van der Waals surface area contributed by atoms with Gasteiger partial charge in [0, 0.05) is 19.6 Å². The SMILES string of the molecule is COc1ccc(Oc2c(CN(CC3CC3)C[C@@H](O)COC(C)C)c(C)nn2-c2ccccc2)cc1. The molecule has 0 radical (unpaired) electrons. The lowest BCUT2D eigenvalue weighted by atomic mass is 10.2. The van der Waals surface area contributed by atoms with Gasteiger partial charge in [0.2, 0.25) is 5.88 Å². The molecule has 4 rings (SSSR count). The van der Waals surface area contributed by atoms with Crippen LogP contribution in [0, 0.1) is 12.8 Å². The number of para-hydroxylation sites is 1. The molecule has 0 aliphatic heterocycles. The van der Waals surface area contributed by atoms with Crippen molar-refractivity contribution in [2.75, 3.05) is 26.8 Å². The van der Waals surface area contributed by atoms with Crippen molar-refractivity contribution < 1.29 is 19.3 Å². The lowest BCUT2D eigenvalue weighted by molar-refractivity contribution is -0.0101. The molecule has 1 fully saturated rings. The third kappa shape index (κ3) is 7.07. The average molecular weight is 480 g/mol. The maximum Gasteiger partial charge on any atom is 0.227 e. The molecule has 0 bridgehead atoms. The van der Waals surface area contributed by atoms with Crippen molar-refractivity contribution >= 4 is 0 Å². The summed E-state index contributed by atoms with van der Waals surface area (Å²) in [6.45, 7) is 8.44. The smallest absolute Gasteiger partial charge is 0.227 e. The van der Waals surface area contributed by atoms with Crippen molar-refractivity contribution in [1.29, 1.82) is 0 Å². The number of aryl methyl sites for hydroxylation is 1. The third-order valence-corrected chi connectivity index (χ3v) is 6.10. The van der Waals surface area contributed by atoms with Gasteiger partial charge in [0.05, 0.1) is 42.9 Å². The van der Waals surface area contributed by atoms with E-state index in [4.69, 9.17) is 19.3 Å². The Morgan fingerprint density at radius 1 is 1.06 bits per heavy atom. The highest BCUT2D eigenvalue weighted by Crippen LogP contribution is 2.34. The molecule has 1 N–H and O–H groups in total. The molecule has 0 saturated heterocycles. The van der Waals surface area contributed by atoms with Crippen molar-refractivity contribution in [2.45, 2.75) is 52.4 Å². The molecule has 3 aromatic rings. The van der Waals surface area contributed by atoms with E-state index >= 15 is 0 Å². The summed E-state index contributed by atoms with van der Waals surface area (Å²) in [6, 6.07) is 17.6. The van der Waals surface area contributed by atoms with E-state index in [0.717, 1.165) is 29.2 Å². The Kier molecular flexibility index (Phi) is 8.44. The molecule has 0 spiro atoms. The molecular weight excluding hydrogens is 442 g/mol. The van der Waals surface area contributed by atoms with Gasteiger partial charge in [-0.3, -0.25) is 4.90 Å². The molecule has 7 heteroatoms. The second kappa shape index (κ2) is 11.7. The second-order valence-corrected chi connectivity index (χ2v) is 9.57. The van der Waals surface area contributed by atoms with Gasteiger partial charge in [-0.2, -0.15) is 5.10 Å². The van der Waals surface area contributed by atoms with E-state index in [9.17, 15) is 5.11 Å². The average Bonchev–Trinajstić information content (AvgIpc) is 3.63. The molecule has 1 aliphatic carbocycles. The topological polar surface area (TPSA) is 69.0 Å². The first-order chi connectivity index (χ1) is 16.9. The molecule has 1 saturated carbocycles. The van der Waals surface area contributed by atoms with Gasteiger partial charge in [0.15, 0.2) is 0 Å². The van der Waals surface area contributed by atoms with Crippen LogP contribution in [-0.4, -0.2) is 58.8 Å². The third-order valence-electron chi connectivity index (χ3n) is 6.10. The zero-order valence-corrected chi connectivity index (χ0v) is 21.2. The number of methoxy groups -OCH3 is 1. The fraction of sp³-hybridized carbons (Fsp3) is 0.464. The summed E-state index contributed by atoms with van der Waals surface area (Å²) in [5.74, 6) is 2.86. The highest BCUT2D eigenvalue weighted by molar-refractivity contribution is 5.44. The number of hydrogen-bond donors (Lipinski definition) is 1. The van der Waals surface area contributed by atoms with E-state index in [2.05, 4.69) is 4.90 Å². The van der Waals surface area contributed by atoms with Gasteiger partial charge < -0.3 is 19.3 Å². The first-order valence-corrected chi connectivity index (χ1v) is 12.4. The number of benzene rings is 2. The Morgan fingerprint density at radius 3 is 2.37 bits per heavy atom. The summed E-state index contributed by atoms with van der Waals surface area (Å²) in [5, 5.41) is 15.5. The van der Waals surface area contributed by atoms with Gasteiger partial charge in [-0.1, -0.05) is 18.2 Å². The molecule has 0 unspecified atom stereocenters. The number of aromatic nitrogens is 2. The quantitative estimate of drug-likeness (QED) is 0.373. The minimum absolute atomic E-state index is 0.0948. The van der Waals surface area contributed by atoms with E-state index in [1.807, 2.05) is 80.1 Å². The van der Waals surface area contributed by atoms with E-state index in [1.165, 1.54) is 12.8 Å². The monoisotopic (exact) mass is 479 g/mol. The molecular formula is C28H37N3O4. The van der Waals surface area contributed by atoms with E-state index in [-0.39, 0.29) is 6.10 Å². The lowest BCUT2D eigenvalue weighted by Crippen LogP contribution is -2.36. The van der Waals surface area contributed by atoms with Crippen molar-refractivity contribution in [1.82, 2.24) is 14.7 Å². The summed E-state index contributed by atoms with van der Waals surface area (Å²) in [5.41, 5.74) is 2.86. The van der Waals surface area contributed by atoms with E-state index in [0.29, 0.717) is 37.2 Å². The molecule has 2 aromatic carbocycles. The summed E-state index contributed by atoms with van der Waals surface area (Å²) >= 11 is 0. The van der Waals surface area contributed by atoms with Crippen LogP contribution in [0.3, 0.4) is 0 Å². The predicted octanol–water partition coefficient (Wildman–Crippen LogP) is 4.98. The predicted molar refractivity (Wildman–Crippen MR) is 136 cm³/mol. The molecule has 1 aromatic heterocycles. The fourth-order valence-corrected chi connectivity index (χ4v) is 4.07. The van der Waals surface area contributed by atoms with Crippen LogP contribution in [0.5, 0.6) is 17.4 Å². The Morgan fingerprint density at radius 2 is 1.74 bits per heavy atom. The Bertz CT molecular complexity index is 1060. The molecule has 1 heterocycles. The largest absolute Gasteiger partial charge is 0.497 e. The first-order valence-electron chi connectivity index (χ1n) is 12.4. The van der Waals surface area contributed by atoms with Crippen LogP contribution in [0.4, 0.5) is 0 Å². The number of rotatable bonds is 13. The molecule has 35 heavy (non-hydrogen) atoms. The van der Waals surface area contributed by atoms with Gasteiger partial charge >= 0.3 is 0 Å². The number of aliphatic hydroxyl groups excluding tert-OH is 1. The van der Waals surface area contributed by atoms with Crippen LogP contribution in [0.15, 0.2) is 54.6 Å². The Balaban J connectivity index is 1.62. The lowest BCUT2D eigenvalue weighted by Gasteiger charge is -2.26. The summed E-state index contributed by atoms with van der Waals surface area (Å²) < 4.78 is 19.3. The van der Waals surface area contributed by atoms with E-state index < -0.39 is 6.10 Å². The molecule has 1 atom stereocenters. The van der Waals surface area contributed by atoms with Gasteiger partial charge in [0.25, 0.3) is 0 Å². The molecule has 188 valence electrons. The number of aliphatic hydroxyl groups is 1. The minimum Gasteiger partial charge on any atom is -0.497 e. The first kappa shape index (κ1) is 25.2. The van der Waals surface area contributed by atoms with Gasteiger partial charge in [-0.05, 0) is 75.9 Å². The standard InChI is InChI=1S/C28H37N3O4/c1-20(2)34-19-24(32)17-30(16-22-10-11-22)18-27-21(3)29-31(23-8-6-5-7-9-23)28(27)35-26-14-12-25(33-4)13-15-26/h5-9,12-15,20,22,24,32H,10-11,16-19H2,1-4H3/t24-/m1/s1. The highest BCUT2D eigenvalue weighted by atomic mass is 16.5. The van der Waals surface area contributed by atoms with Gasteiger partial charge in [0.1, 0.15) is 11.5 Å². The molecule has 0 amide bonds. The fourth-order valence-electron chi connectivity index (χ4n) is 4.07. The Labute approximate surface area is 208 Å². The number of nitrogens with zero attached hydrogens (tertiary/aromatic N) is 3. The van der Waals surface area contributed by atoms with Crippen molar-refractivity contribution in [3.8, 4) is 23.1 Å². The molecule has 7 nitrogen and oxygen atoms in total. The zero-order chi connectivity index (χ0) is 24.8. The second-order valence-electron chi connectivity index (χ2n) is 9.57. The van der Waals surface area contributed by atoms with Crippen molar-refractivity contribution in [3.05, 3.63) is 65.9 Å². The van der Waals surface area contributed by atoms with Gasteiger partial charge in [-0.15, -0.1) is 0 Å². The van der Waals surface area contributed by atoms with Crippen LogP contribution in [0.25, 0.3) is 5.69 Å². The summed E-state index contributed by atoms with van der Waals surface area (Å²) in [7, 11) is 1.65. The maximum atomic E-state index is 10.7. The highest BCUT2D eigenvalue weighted by Gasteiger charge is 2.28. The molecule has 1 aliphatic rings. The minimum atomic E-state index is -0.549. The number of ether oxygens (including phenoxy) is 3. The normalized spacial score (nSPS) is 14.5. The Hall–Kier alpha value is -2.87. The van der Waals surface area contributed by atoms with Crippen LogP contribution in [0.1, 0.15) is 37.9 Å². The summed E-state index contributed by atoms with van der Waals surface area (Å²) in [6.07, 6.45) is 2.03. The van der Waals surface area contributed by atoms with Gasteiger partial charge in [-0.25, -0.2) is 4.68 Å². The van der Waals surface area contributed by atoms with Crippen LogP contribution in [0.2, 0.25) is 0 Å². The van der Waals surface area contributed by atoms with Crippen LogP contribution < -0.4 is 9.47 Å². The maximum absolute atomic E-state index is 10.7. The number of hydrogen-bond acceptors (Lipinski definition) is 6. The van der Waals surface area contributed by atoms with E-state index in [1.54, 1.807) is 7.11 Å². The summed E-state index contributed by atoms with van der Waals surface area (Å²) in [4.78, 5) is 2.31.